The molecule has 1 aliphatic rings. The standard InChI is InChI=1S/C13H12Cl2FNO.C9H8FN3O.C3H3ClO.C3H8.2C2H6/c1-2-11(18)17-6-5-8(7-17)12-10(16)4-3-9(14)13(12)15;1-13-4-12-6-3-2-5(11)8(10)7(6)9(13)14;1-2-3(4)5;1-3-2;2*1-2/h2-4,8H,1,5-7H2;2-4H,11H2,1H3;2H,1H2;3H2,1-2H3;2*1-2H3. The highest BCUT2D eigenvalue weighted by Crippen LogP contribution is 2.37. The van der Waals surface area contributed by atoms with Crippen LogP contribution in [-0.2, 0) is 16.6 Å². The van der Waals surface area contributed by atoms with Crippen molar-refractivity contribution in [3.63, 3.8) is 0 Å². The zero-order valence-corrected chi connectivity index (χ0v) is 28.7. The van der Waals surface area contributed by atoms with E-state index in [4.69, 9.17) is 40.5 Å². The van der Waals surface area contributed by atoms with Gasteiger partial charge in [0.25, 0.3) is 5.56 Å². The van der Waals surface area contributed by atoms with Crippen LogP contribution in [0.15, 0.2) is 60.7 Å². The Hall–Kier alpha value is -3.27. The molecule has 12 heteroatoms. The second-order valence-electron chi connectivity index (χ2n) is 8.47. The predicted octanol–water partition coefficient (Wildman–Crippen LogP) is 8.70. The number of nitrogen functional groups attached to an aromatic ring is 1. The minimum absolute atomic E-state index is 0.0393. The molecule has 0 spiro atoms. The van der Waals surface area contributed by atoms with Crippen molar-refractivity contribution in [1.29, 1.82) is 0 Å². The van der Waals surface area contributed by atoms with Gasteiger partial charge in [0.05, 0.1) is 27.6 Å². The van der Waals surface area contributed by atoms with Gasteiger partial charge in [-0.05, 0) is 54.4 Å². The monoisotopic (exact) mass is 674 g/mol. The average Bonchev–Trinajstić information content (AvgIpc) is 3.51. The van der Waals surface area contributed by atoms with Crippen LogP contribution in [0.25, 0.3) is 10.9 Å². The van der Waals surface area contributed by atoms with Crippen LogP contribution in [0.5, 0.6) is 0 Å². The molecule has 1 aromatic heterocycles. The minimum atomic E-state index is -0.698. The maximum Gasteiger partial charge on any atom is 0.263 e. The van der Waals surface area contributed by atoms with Crippen LogP contribution in [0.2, 0.25) is 10.0 Å². The van der Waals surface area contributed by atoms with Crippen molar-refractivity contribution < 1.29 is 18.4 Å². The van der Waals surface area contributed by atoms with Gasteiger partial charge in [0, 0.05) is 31.6 Å². The first-order valence-electron chi connectivity index (χ1n) is 14.1. The third-order valence-corrected chi connectivity index (χ3v) is 6.35. The number of carbonyl (C=O) groups is 2. The van der Waals surface area contributed by atoms with Crippen LogP contribution in [0, 0.1) is 11.6 Å². The molecule has 0 saturated carbocycles. The average molecular weight is 676 g/mol. The van der Waals surface area contributed by atoms with Crippen molar-refractivity contribution in [3.05, 3.63) is 93.5 Å². The lowest BCUT2D eigenvalue weighted by Crippen LogP contribution is -2.26. The molecule has 1 aliphatic heterocycles. The molecule has 3 aromatic rings. The first-order valence-corrected chi connectivity index (χ1v) is 15.2. The fraction of sp³-hybridized carbons (Fsp3) is 0.375. The van der Waals surface area contributed by atoms with Gasteiger partial charge in [-0.1, -0.05) is 84.3 Å². The molecule has 1 saturated heterocycles. The smallest absolute Gasteiger partial charge is 0.263 e. The number of likely N-dealkylation sites (tertiary alicyclic amines) is 1. The van der Waals surface area contributed by atoms with E-state index in [1.165, 1.54) is 54.7 Å². The number of rotatable bonds is 3. The van der Waals surface area contributed by atoms with Crippen LogP contribution in [0.4, 0.5) is 14.5 Å². The van der Waals surface area contributed by atoms with Crippen LogP contribution >= 0.6 is 34.8 Å². The number of allylic oxidation sites excluding steroid dienone is 1. The maximum atomic E-state index is 13.8. The molecule has 1 atom stereocenters. The molecular formula is C32H43Cl3F2N4O3. The maximum absolute atomic E-state index is 13.8. The van der Waals surface area contributed by atoms with Crippen molar-refractivity contribution in [1.82, 2.24) is 14.5 Å². The van der Waals surface area contributed by atoms with Crippen LogP contribution in [0.3, 0.4) is 0 Å². The van der Waals surface area contributed by atoms with Gasteiger partial charge in [-0.25, -0.2) is 13.8 Å². The lowest BCUT2D eigenvalue weighted by molar-refractivity contribution is -0.125. The van der Waals surface area contributed by atoms with E-state index in [-0.39, 0.29) is 33.7 Å². The van der Waals surface area contributed by atoms with Crippen molar-refractivity contribution in [2.75, 3.05) is 18.8 Å². The molecule has 2 heterocycles. The van der Waals surface area contributed by atoms with E-state index in [0.717, 1.165) is 6.08 Å². The molecule has 0 bridgehead atoms. The van der Waals surface area contributed by atoms with E-state index in [2.05, 4.69) is 32.0 Å². The Morgan fingerprint density at radius 1 is 1.07 bits per heavy atom. The molecule has 0 aliphatic carbocycles. The van der Waals surface area contributed by atoms with Gasteiger partial charge >= 0.3 is 0 Å². The van der Waals surface area contributed by atoms with Gasteiger partial charge in [-0.15, -0.1) is 0 Å². The number of halogens is 5. The van der Waals surface area contributed by atoms with E-state index in [1.54, 1.807) is 4.90 Å². The third kappa shape index (κ3) is 13.2. The number of aryl methyl sites for hydroxylation is 1. The Morgan fingerprint density at radius 2 is 1.61 bits per heavy atom. The van der Waals surface area contributed by atoms with E-state index in [1.807, 2.05) is 27.7 Å². The third-order valence-electron chi connectivity index (χ3n) is 5.38. The van der Waals surface area contributed by atoms with Crippen molar-refractivity contribution in [2.45, 2.75) is 60.3 Å². The zero-order chi connectivity index (χ0) is 34.6. The van der Waals surface area contributed by atoms with Gasteiger partial charge in [0.15, 0.2) is 5.82 Å². The highest BCUT2D eigenvalue weighted by Gasteiger charge is 2.30. The SMILES string of the molecule is C=CC(=O)Cl.C=CC(=O)N1CCC(c2c(F)ccc(Cl)c2Cl)C1.CC.CC.CCC.Cn1cnc2ccc(N)c(F)c2c1=O. The Morgan fingerprint density at radius 3 is 2.11 bits per heavy atom. The number of aromatic nitrogens is 2. The lowest BCUT2D eigenvalue weighted by Gasteiger charge is -2.16. The minimum Gasteiger partial charge on any atom is -0.396 e. The fourth-order valence-corrected chi connectivity index (χ4v) is 3.99. The molecule has 2 aromatic carbocycles. The second kappa shape index (κ2) is 23.2. The molecule has 44 heavy (non-hydrogen) atoms. The molecule has 4 rings (SSSR count). The molecule has 0 radical (unpaired) electrons. The Labute approximate surface area is 274 Å². The van der Waals surface area contributed by atoms with Gasteiger partial charge in [0.2, 0.25) is 11.1 Å². The largest absolute Gasteiger partial charge is 0.396 e. The first kappa shape index (κ1) is 42.9. The highest BCUT2D eigenvalue weighted by molar-refractivity contribution is 6.66. The van der Waals surface area contributed by atoms with Gasteiger partial charge < -0.3 is 15.2 Å². The van der Waals surface area contributed by atoms with Crippen LogP contribution in [-0.4, -0.2) is 38.7 Å². The summed E-state index contributed by atoms with van der Waals surface area (Å²) in [5.41, 5.74) is 5.61. The zero-order valence-electron chi connectivity index (χ0n) is 26.4. The number of hydrogen-bond donors (Lipinski definition) is 1. The van der Waals surface area contributed by atoms with Crippen molar-refractivity contribution >= 4 is 62.5 Å². The first-order chi connectivity index (χ1) is 20.8. The van der Waals surface area contributed by atoms with Crippen molar-refractivity contribution in [2.24, 2.45) is 7.05 Å². The number of benzene rings is 2. The predicted molar refractivity (Wildman–Crippen MR) is 182 cm³/mol. The summed E-state index contributed by atoms with van der Waals surface area (Å²) in [4.78, 5) is 38.0. The molecule has 244 valence electrons. The van der Waals surface area contributed by atoms with E-state index in [9.17, 15) is 23.2 Å². The quantitative estimate of drug-likeness (QED) is 0.130. The molecule has 2 N–H and O–H groups in total. The van der Waals surface area contributed by atoms with Gasteiger partial charge in [-0.2, -0.15) is 0 Å². The van der Waals surface area contributed by atoms with Crippen LogP contribution < -0.4 is 11.3 Å². The number of amides is 1. The Balaban J connectivity index is 0. The number of carbonyl (C=O) groups excluding carboxylic acids is 2. The highest BCUT2D eigenvalue weighted by atomic mass is 35.5. The number of anilines is 1. The molecule has 1 amide bonds. The van der Waals surface area contributed by atoms with Crippen LogP contribution in [0.1, 0.15) is 65.9 Å². The fourth-order valence-electron chi connectivity index (χ4n) is 3.51. The molecule has 7 nitrogen and oxygen atoms in total. The van der Waals surface area contributed by atoms with Gasteiger partial charge in [-0.3, -0.25) is 14.4 Å². The number of nitrogens with zero attached hydrogens (tertiary/aromatic N) is 3. The molecule has 1 fully saturated rings. The summed E-state index contributed by atoms with van der Waals surface area (Å²) in [5.74, 6) is -1.32. The number of fused-ring (bicyclic) bond motifs is 1. The molecule has 1 unspecified atom stereocenters. The summed E-state index contributed by atoms with van der Waals surface area (Å²) in [7, 11) is 1.51. The molecular weight excluding hydrogens is 633 g/mol. The Kier molecular flexibility index (Phi) is 22.6. The van der Waals surface area contributed by atoms with Crippen molar-refractivity contribution in [3.8, 4) is 0 Å². The summed E-state index contributed by atoms with van der Waals surface area (Å²) in [5, 5.41) is 0.0103. The summed E-state index contributed by atoms with van der Waals surface area (Å²) in [6.45, 7) is 19.8. The van der Waals surface area contributed by atoms with E-state index in [0.29, 0.717) is 35.6 Å². The summed E-state index contributed by atoms with van der Waals surface area (Å²) in [6.07, 6.45) is 5.58. The summed E-state index contributed by atoms with van der Waals surface area (Å²) in [6, 6.07) is 5.66. The summed E-state index contributed by atoms with van der Waals surface area (Å²) < 4.78 is 28.5. The second-order valence-corrected chi connectivity index (χ2v) is 9.63. The number of hydrogen-bond acceptors (Lipinski definition) is 5. The van der Waals surface area contributed by atoms with Gasteiger partial charge in [0.1, 0.15) is 11.2 Å². The normalized spacial score (nSPS) is 12.6. The van der Waals surface area contributed by atoms with E-state index >= 15 is 0 Å². The lowest BCUT2D eigenvalue weighted by atomic mass is 9.98. The topological polar surface area (TPSA) is 98.3 Å². The number of nitrogens with two attached hydrogens (primary N) is 1. The Bertz CT molecular complexity index is 1430. The van der Waals surface area contributed by atoms with E-state index < -0.39 is 16.6 Å². The summed E-state index contributed by atoms with van der Waals surface area (Å²) >= 11 is 16.6.